The summed E-state index contributed by atoms with van der Waals surface area (Å²) in [6.07, 6.45) is 0. The highest BCUT2D eigenvalue weighted by Gasteiger charge is 2.46. The van der Waals surface area contributed by atoms with Gasteiger partial charge in [-0.1, -0.05) is 454 Å². The van der Waals surface area contributed by atoms with Crippen molar-refractivity contribution < 1.29 is 0 Å². The van der Waals surface area contributed by atoms with Crippen LogP contribution in [-0.4, -0.2) is 0 Å². The number of hydrogen-bond donors (Lipinski definition) is 0. The smallest absolute Gasteiger partial charge is 0.0622 e. The summed E-state index contributed by atoms with van der Waals surface area (Å²) in [4.78, 5) is 0. The summed E-state index contributed by atoms with van der Waals surface area (Å²) in [6.45, 7) is 10.9. The van der Waals surface area contributed by atoms with Gasteiger partial charge < -0.3 is 0 Å². The molecule has 0 saturated carbocycles. The summed E-state index contributed by atoms with van der Waals surface area (Å²) in [5.74, 6) is 0. The van der Waals surface area contributed by atoms with Gasteiger partial charge >= 0.3 is 0 Å². The van der Waals surface area contributed by atoms with Crippen LogP contribution in [0.2, 0.25) is 0 Å². The molecule has 0 radical (unpaired) electrons. The molecular formula is C126H96. The summed E-state index contributed by atoms with van der Waals surface area (Å²) < 4.78 is 0. The molecule has 0 spiro atoms. The molecule has 0 aliphatic heterocycles. The molecule has 0 heteroatoms. The number of fused-ring (bicyclic) bond motifs is 9. The maximum Gasteiger partial charge on any atom is 0.0713 e. The second kappa shape index (κ2) is 36.2. The molecule has 1 aliphatic carbocycles. The SMILES string of the molecule is Cc1cc(-c2ccc3ccccc3c2)cc(-c2ccc3ccccc3c2)c1.Cc1cc(-c2cccc3ccccc23)cc(-c2cccc3ccccc23)c1.Cc1cc(-c2ccccc2)cc(-c2ccc3ccccc3c2)c1.Cc1cc(-c2ccccc2)cc(-c2cccc3ccccc23)c1.Cc1ccc2c(c1)C(c1ccccc1)(c1ccccc1)c1ccccc1-2. The topological polar surface area (TPSA) is 0 Å². The third kappa shape index (κ3) is 17.0. The van der Waals surface area contributed by atoms with Crippen molar-refractivity contribution in [1.82, 2.24) is 0 Å². The van der Waals surface area contributed by atoms with E-state index in [9.17, 15) is 0 Å². The molecule has 0 bridgehead atoms. The van der Waals surface area contributed by atoms with E-state index in [4.69, 9.17) is 0 Å². The van der Waals surface area contributed by atoms with Crippen LogP contribution in [-0.2, 0) is 5.41 Å². The largest absolute Gasteiger partial charge is 0.0713 e. The van der Waals surface area contributed by atoms with Crippen LogP contribution < -0.4 is 0 Å². The van der Waals surface area contributed by atoms with E-state index < -0.39 is 0 Å². The summed E-state index contributed by atoms with van der Waals surface area (Å²) in [7, 11) is 0. The summed E-state index contributed by atoms with van der Waals surface area (Å²) in [5, 5.41) is 15.4. The second-order valence-corrected chi connectivity index (χ2v) is 33.4. The van der Waals surface area contributed by atoms with Crippen LogP contribution in [0.4, 0.5) is 0 Å². The van der Waals surface area contributed by atoms with E-state index in [2.05, 4.69) is 526 Å². The predicted octanol–water partition coefficient (Wildman–Crippen LogP) is 34.6. The van der Waals surface area contributed by atoms with E-state index in [1.54, 1.807) is 0 Å². The molecule has 0 saturated heterocycles. The fourth-order valence-corrected chi connectivity index (χ4v) is 18.8. The van der Waals surface area contributed by atoms with Gasteiger partial charge in [0, 0.05) is 0 Å². The van der Waals surface area contributed by atoms with Gasteiger partial charge in [-0.15, -0.1) is 0 Å². The Hall–Kier alpha value is -15.6. The van der Waals surface area contributed by atoms with Gasteiger partial charge in [-0.2, -0.15) is 0 Å². The molecule has 23 rings (SSSR count). The van der Waals surface area contributed by atoms with Crippen LogP contribution in [0.3, 0.4) is 0 Å². The summed E-state index contributed by atoms with van der Waals surface area (Å²) in [5.41, 5.74) is 34.6. The monoisotopic (exact) mass is 1610 g/mol. The van der Waals surface area contributed by atoms with Crippen molar-refractivity contribution in [2.45, 2.75) is 40.0 Å². The standard InChI is InChI=1S/2C27H20.C26H20.2C23H18/c1-19-16-22(26-14-6-10-20-8-2-4-12-24(20)26)18-23(17-19)27-15-7-11-21-9-3-5-13-25(21)27;1-19-14-26(24-12-10-20-6-2-4-8-22(20)16-24)18-27(15-19)25-13-11-21-7-3-5-9-23(21)17-25;1-19-16-17-23-22-14-8-9-15-24(22)26(25(23)18-19,20-10-4-2-5-11-20)21-12-6-3-7-13-21;1-17-14-20(18-8-3-2-4-9-18)16-21(15-17)23-13-7-11-19-10-5-6-12-22(19)23;1-17-13-22(18-7-3-2-4-8-18)16-23(14-17)21-12-11-19-9-5-6-10-20(19)15-21/h2*2-18H,1H3;2-18H,1H3;2*2-16H,1H3. The molecule has 0 nitrogen and oxygen atoms in total. The highest BCUT2D eigenvalue weighted by atomic mass is 14.5. The van der Waals surface area contributed by atoms with Crippen molar-refractivity contribution in [2.24, 2.45) is 0 Å². The average Bonchev–Trinajstić information content (AvgIpc) is 1.54. The fraction of sp³-hybridized carbons (Fsp3) is 0.0476. The Kier molecular flexibility index (Phi) is 23.0. The zero-order valence-electron chi connectivity index (χ0n) is 71.8. The minimum absolute atomic E-state index is 0.263. The van der Waals surface area contributed by atoms with Crippen molar-refractivity contribution in [3.8, 4) is 100 Å². The number of aryl methyl sites for hydroxylation is 5. The van der Waals surface area contributed by atoms with E-state index >= 15 is 0 Å². The number of benzene rings is 22. The minimum Gasteiger partial charge on any atom is -0.0622 e. The van der Waals surface area contributed by atoms with E-state index in [1.165, 1.54) is 215 Å². The lowest BCUT2D eigenvalue weighted by atomic mass is 9.67. The van der Waals surface area contributed by atoms with Crippen molar-refractivity contribution in [3.05, 3.63) is 541 Å². The van der Waals surface area contributed by atoms with Gasteiger partial charge in [0.1, 0.15) is 0 Å². The molecular weight excluding hydrogens is 1510 g/mol. The molecule has 1 aliphatic rings. The fourth-order valence-electron chi connectivity index (χ4n) is 18.8. The Labute approximate surface area is 741 Å². The summed E-state index contributed by atoms with van der Waals surface area (Å²) in [6, 6.07) is 177. The third-order valence-corrected chi connectivity index (χ3v) is 24.7. The van der Waals surface area contributed by atoms with E-state index in [0.717, 1.165) is 0 Å². The van der Waals surface area contributed by atoms with E-state index in [1.807, 2.05) is 0 Å². The van der Waals surface area contributed by atoms with Crippen LogP contribution in [0.1, 0.15) is 50.1 Å². The van der Waals surface area contributed by atoms with Crippen LogP contribution in [0.25, 0.3) is 165 Å². The zero-order valence-corrected chi connectivity index (χ0v) is 71.8. The molecule has 600 valence electrons. The first-order valence-electron chi connectivity index (χ1n) is 43.8. The van der Waals surface area contributed by atoms with Crippen molar-refractivity contribution in [1.29, 1.82) is 0 Å². The molecule has 126 heavy (non-hydrogen) atoms. The van der Waals surface area contributed by atoms with E-state index in [0.29, 0.717) is 0 Å². The molecule has 0 heterocycles. The Morgan fingerprint density at radius 3 is 0.762 bits per heavy atom. The first-order valence-corrected chi connectivity index (χ1v) is 43.8. The van der Waals surface area contributed by atoms with Crippen LogP contribution in [0.5, 0.6) is 0 Å². The molecule has 0 aromatic heterocycles. The lowest BCUT2D eigenvalue weighted by Crippen LogP contribution is -2.28. The summed E-state index contributed by atoms with van der Waals surface area (Å²) >= 11 is 0. The average molecular weight is 1610 g/mol. The molecule has 0 unspecified atom stereocenters. The maximum absolute atomic E-state index is 2.37. The van der Waals surface area contributed by atoms with Gasteiger partial charge in [0.25, 0.3) is 0 Å². The Balaban J connectivity index is 0.000000103. The molecule has 22 aromatic rings. The van der Waals surface area contributed by atoms with Gasteiger partial charge in [0.15, 0.2) is 0 Å². The second-order valence-electron chi connectivity index (χ2n) is 33.4. The third-order valence-electron chi connectivity index (χ3n) is 24.7. The number of rotatable bonds is 10. The lowest BCUT2D eigenvalue weighted by molar-refractivity contribution is 0.767. The Bertz CT molecular complexity index is 7430. The van der Waals surface area contributed by atoms with Gasteiger partial charge in [-0.25, -0.2) is 0 Å². The zero-order chi connectivity index (χ0) is 85.3. The predicted molar refractivity (Wildman–Crippen MR) is 542 cm³/mol. The van der Waals surface area contributed by atoms with Crippen LogP contribution in [0.15, 0.2) is 491 Å². The lowest BCUT2D eigenvalue weighted by Gasteiger charge is -2.34. The first kappa shape index (κ1) is 80.1. The Morgan fingerprint density at radius 1 is 0.127 bits per heavy atom. The van der Waals surface area contributed by atoms with Gasteiger partial charge in [0.2, 0.25) is 0 Å². The molecule has 0 amide bonds. The minimum atomic E-state index is -0.263. The highest BCUT2D eigenvalue weighted by molar-refractivity contribution is 6.02. The van der Waals surface area contributed by atoms with Gasteiger partial charge in [-0.05, 0) is 286 Å². The number of hydrogen-bond acceptors (Lipinski definition) is 0. The van der Waals surface area contributed by atoms with Crippen molar-refractivity contribution in [3.63, 3.8) is 0 Å². The van der Waals surface area contributed by atoms with Crippen LogP contribution >= 0.6 is 0 Å². The Morgan fingerprint density at radius 2 is 0.389 bits per heavy atom. The van der Waals surface area contributed by atoms with Crippen molar-refractivity contribution in [2.75, 3.05) is 0 Å². The molecule has 22 aromatic carbocycles. The van der Waals surface area contributed by atoms with E-state index in [-0.39, 0.29) is 5.41 Å². The normalized spacial score (nSPS) is 11.6. The molecule has 0 atom stereocenters. The van der Waals surface area contributed by atoms with Gasteiger partial charge in [0.05, 0.1) is 5.41 Å². The quantitative estimate of drug-likeness (QED) is 0.128. The molecule has 0 fully saturated rings. The maximum atomic E-state index is 2.37. The van der Waals surface area contributed by atoms with Crippen molar-refractivity contribution >= 4 is 64.6 Å². The van der Waals surface area contributed by atoms with Crippen LogP contribution in [0, 0.1) is 34.6 Å². The first-order chi connectivity index (χ1) is 62.0. The highest BCUT2D eigenvalue weighted by Crippen LogP contribution is 2.56. The van der Waals surface area contributed by atoms with Gasteiger partial charge in [-0.3, -0.25) is 0 Å². The molecule has 0 N–H and O–H groups in total.